The maximum absolute atomic E-state index is 9.38. The van der Waals surface area contributed by atoms with E-state index in [1.165, 1.54) is 11.1 Å². The van der Waals surface area contributed by atoms with Crippen molar-refractivity contribution < 1.29 is 5.11 Å². The van der Waals surface area contributed by atoms with Gasteiger partial charge >= 0.3 is 0 Å². The summed E-state index contributed by atoms with van der Waals surface area (Å²) in [7, 11) is 0. The number of benzene rings is 1. The van der Waals surface area contributed by atoms with E-state index in [1.54, 1.807) is 0 Å². The summed E-state index contributed by atoms with van der Waals surface area (Å²) >= 11 is 9.69. The second-order valence-electron chi connectivity index (χ2n) is 4.36. The molecule has 1 aromatic carbocycles. The molecule has 0 bridgehead atoms. The van der Waals surface area contributed by atoms with Gasteiger partial charge in [0.1, 0.15) is 0 Å². The number of aliphatic hydroxyl groups excluding tert-OH is 1. The van der Waals surface area contributed by atoms with Gasteiger partial charge in [-0.25, -0.2) is 0 Å². The smallest absolute Gasteiger partial charge is 0.0639 e. The van der Waals surface area contributed by atoms with E-state index in [9.17, 15) is 5.11 Å². The largest absolute Gasteiger partial charge is 0.392 e. The quantitative estimate of drug-likeness (QED) is 0.908. The van der Waals surface area contributed by atoms with Gasteiger partial charge in [0.05, 0.1) is 6.10 Å². The molecule has 0 aromatic heterocycles. The van der Waals surface area contributed by atoms with Gasteiger partial charge in [-0.1, -0.05) is 27.5 Å². The van der Waals surface area contributed by atoms with Crippen molar-refractivity contribution in [1.29, 1.82) is 0 Å². The average Bonchev–Trinajstić information content (AvgIpc) is 2.18. The highest BCUT2D eigenvalue weighted by Gasteiger charge is 2.19. The summed E-state index contributed by atoms with van der Waals surface area (Å²) in [6.45, 7) is 4.36. The summed E-state index contributed by atoms with van der Waals surface area (Å²) < 4.78 is 1.04. The maximum Gasteiger partial charge on any atom is 0.0639 e. The van der Waals surface area contributed by atoms with E-state index < -0.39 is 0 Å². The van der Waals surface area contributed by atoms with Crippen LogP contribution in [0.2, 0.25) is 5.02 Å². The van der Waals surface area contributed by atoms with Crippen molar-refractivity contribution in [2.45, 2.75) is 26.0 Å². The third-order valence-electron chi connectivity index (χ3n) is 2.85. The van der Waals surface area contributed by atoms with Crippen LogP contribution in [0.4, 0.5) is 0 Å². The molecular weight excluding hydrogens is 289 g/mol. The fourth-order valence-electron chi connectivity index (χ4n) is 2.17. The zero-order valence-corrected chi connectivity index (χ0v) is 11.6. The second kappa shape index (κ2) is 5.05. The normalized spacial score (nSPS) is 18.2. The minimum absolute atomic E-state index is 0.282. The molecular formula is C12H15BrClNO. The Labute approximate surface area is 109 Å². The highest BCUT2D eigenvalue weighted by molar-refractivity contribution is 9.10. The molecule has 0 fully saturated rings. The Bertz CT molecular complexity index is 395. The van der Waals surface area contributed by atoms with Crippen LogP contribution in [0.5, 0.6) is 0 Å². The number of hydrogen-bond donors (Lipinski definition) is 1. The second-order valence-corrected chi connectivity index (χ2v) is 5.68. The molecule has 1 N–H and O–H groups in total. The van der Waals surface area contributed by atoms with E-state index in [-0.39, 0.29) is 6.10 Å². The van der Waals surface area contributed by atoms with Gasteiger partial charge in [0.25, 0.3) is 0 Å². The molecule has 4 heteroatoms. The molecule has 0 saturated heterocycles. The summed E-state index contributed by atoms with van der Waals surface area (Å²) in [4.78, 5) is 2.24. The number of fused-ring (bicyclic) bond motifs is 1. The number of β-amino-alcohol motifs (C(OH)–C–C–N with tert-alkyl or cyclic N) is 1. The van der Waals surface area contributed by atoms with Gasteiger partial charge in [0, 0.05) is 29.1 Å². The molecule has 1 atom stereocenters. The monoisotopic (exact) mass is 303 g/mol. The maximum atomic E-state index is 9.38. The van der Waals surface area contributed by atoms with Crippen molar-refractivity contribution in [3.05, 3.63) is 32.8 Å². The van der Waals surface area contributed by atoms with E-state index in [2.05, 4.69) is 26.9 Å². The number of rotatable bonds is 2. The standard InChI is InChI=1S/C12H15BrClNO/c1-8(16)6-15-3-2-9-4-10(13)5-12(14)11(9)7-15/h4-5,8,16H,2-3,6-7H2,1H3. The van der Waals surface area contributed by atoms with Crippen molar-refractivity contribution in [1.82, 2.24) is 4.90 Å². The fourth-order valence-corrected chi connectivity index (χ4v) is 3.10. The molecule has 1 aliphatic rings. The lowest BCUT2D eigenvalue weighted by atomic mass is 9.99. The van der Waals surface area contributed by atoms with E-state index in [0.717, 1.165) is 29.0 Å². The first-order chi connectivity index (χ1) is 7.56. The zero-order valence-electron chi connectivity index (χ0n) is 9.21. The van der Waals surface area contributed by atoms with Crippen molar-refractivity contribution in [2.75, 3.05) is 13.1 Å². The Hall–Kier alpha value is -0.0900. The zero-order chi connectivity index (χ0) is 11.7. The molecule has 2 nitrogen and oxygen atoms in total. The van der Waals surface area contributed by atoms with Crippen LogP contribution in [0, 0.1) is 0 Å². The lowest BCUT2D eigenvalue weighted by molar-refractivity contribution is 0.119. The van der Waals surface area contributed by atoms with Gasteiger partial charge in [-0.05, 0) is 36.6 Å². The van der Waals surface area contributed by atoms with Gasteiger partial charge < -0.3 is 5.11 Å². The lowest BCUT2D eigenvalue weighted by Crippen LogP contribution is -2.35. The molecule has 88 valence electrons. The van der Waals surface area contributed by atoms with Gasteiger partial charge in [-0.2, -0.15) is 0 Å². The summed E-state index contributed by atoms with van der Waals surface area (Å²) in [5, 5.41) is 10.2. The Morgan fingerprint density at radius 1 is 1.56 bits per heavy atom. The SMILES string of the molecule is CC(O)CN1CCc2cc(Br)cc(Cl)c2C1. The van der Waals surface area contributed by atoms with Crippen LogP contribution >= 0.6 is 27.5 Å². The van der Waals surface area contributed by atoms with Crippen molar-refractivity contribution in [2.24, 2.45) is 0 Å². The minimum Gasteiger partial charge on any atom is -0.392 e. The average molecular weight is 305 g/mol. The molecule has 0 aliphatic carbocycles. The predicted molar refractivity (Wildman–Crippen MR) is 69.8 cm³/mol. The summed E-state index contributed by atoms with van der Waals surface area (Å²) in [5.41, 5.74) is 2.53. The molecule has 0 radical (unpaired) electrons. The van der Waals surface area contributed by atoms with Crippen LogP contribution < -0.4 is 0 Å². The Morgan fingerprint density at radius 3 is 3.00 bits per heavy atom. The third kappa shape index (κ3) is 2.77. The number of hydrogen-bond acceptors (Lipinski definition) is 2. The van der Waals surface area contributed by atoms with Crippen molar-refractivity contribution in [3.63, 3.8) is 0 Å². The van der Waals surface area contributed by atoms with Gasteiger partial charge in [0.15, 0.2) is 0 Å². The Morgan fingerprint density at radius 2 is 2.31 bits per heavy atom. The number of aliphatic hydroxyl groups is 1. The first-order valence-electron chi connectivity index (χ1n) is 5.43. The van der Waals surface area contributed by atoms with E-state index in [4.69, 9.17) is 11.6 Å². The molecule has 1 aliphatic heterocycles. The van der Waals surface area contributed by atoms with Crippen molar-refractivity contribution >= 4 is 27.5 Å². The van der Waals surface area contributed by atoms with E-state index >= 15 is 0 Å². The van der Waals surface area contributed by atoms with E-state index in [1.807, 2.05) is 13.0 Å². The Kier molecular flexibility index (Phi) is 3.90. The number of nitrogens with zero attached hydrogens (tertiary/aromatic N) is 1. The van der Waals surface area contributed by atoms with E-state index in [0.29, 0.717) is 6.54 Å². The first kappa shape index (κ1) is 12.4. The predicted octanol–water partition coefficient (Wildman–Crippen LogP) is 2.84. The van der Waals surface area contributed by atoms with Crippen LogP contribution in [-0.2, 0) is 13.0 Å². The third-order valence-corrected chi connectivity index (χ3v) is 3.65. The number of halogens is 2. The topological polar surface area (TPSA) is 23.5 Å². The van der Waals surface area contributed by atoms with Crippen molar-refractivity contribution in [3.8, 4) is 0 Å². The van der Waals surface area contributed by atoms with Crippen LogP contribution in [-0.4, -0.2) is 29.2 Å². The highest BCUT2D eigenvalue weighted by Crippen LogP contribution is 2.30. The molecule has 1 heterocycles. The van der Waals surface area contributed by atoms with Gasteiger partial charge in [-0.15, -0.1) is 0 Å². The molecule has 1 unspecified atom stereocenters. The summed E-state index contributed by atoms with van der Waals surface area (Å²) in [6, 6.07) is 4.08. The van der Waals surface area contributed by atoms with Crippen LogP contribution in [0.25, 0.3) is 0 Å². The molecule has 0 saturated carbocycles. The highest BCUT2D eigenvalue weighted by atomic mass is 79.9. The van der Waals surface area contributed by atoms with Crippen LogP contribution in [0.15, 0.2) is 16.6 Å². The molecule has 0 spiro atoms. The molecule has 2 rings (SSSR count). The lowest BCUT2D eigenvalue weighted by Gasteiger charge is -2.30. The van der Waals surface area contributed by atoms with Crippen LogP contribution in [0.3, 0.4) is 0 Å². The Balaban J connectivity index is 2.20. The molecule has 1 aromatic rings. The molecule has 0 amide bonds. The first-order valence-corrected chi connectivity index (χ1v) is 6.60. The van der Waals surface area contributed by atoms with Crippen LogP contribution in [0.1, 0.15) is 18.1 Å². The summed E-state index contributed by atoms with van der Waals surface area (Å²) in [5.74, 6) is 0. The van der Waals surface area contributed by atoms with Gasteiger partial charge in [0.2, 0.25) is 0 Å². The summed E-state index contributed by atoms with van der Waals surface area (Å²) in [6.07, 6.45) is 0.720. The van der Waals surface area contributed by atoms with Gasteiger partial charge in [-0.3, -0.25) is 4.90 Å². The molecule has 16 heavy (non-hydrogen) atoms. The minimum atomic E-state index is -0.282. The fraction of sp³-hybridized carbons (Fsp3) is 0.500.